The molecule has 0 spiro atoms. The second kappa shape index (κ2) is 7.21. The molecule has 0 aliphatic heterocycles. The topological polar surface area (TPSA) is 42.0 Å². The summed E-state index contributed by atoms with van der Waals surface area (Å²) in [7, 11) is 0. The van der Waals surface area contributed by atoms with Gasteiger partial charge in [-0.1, -0.05) is 49.2 Å². The van der Waals surface area contributed by atoms with Crippen molar-refractivity contribution in [1.29, 1.82) is 0 Å². The molecule has 1 heterocycles. The molecular weight excluding hydrogens is 272 g/mol. The maximum Gasteiger partial charge on any atom is 0.223 e. The van der Waals surface area contributed by atoms with Crippen molar-refractivity contribution in [3.05, 3.63) is 66.0 Å². The van der Waals surface area contributed by atoms with E-state index in [1.54, 1.807) is 6.20 Å². The number of rotatable bonds is 5. The second-order valence-electron chi connectivity index (χ2n) is 5.98. The highest BCUT2D eigenvalue weighted by Gasteiger charge is 2.25. The lowest BCUT2D eigenvalue weighted by atomic mass is 9.99. The highest BCUT2D eigenvalue weighted by molar-refractivity contribution is 5.79. The molecule has 1 fully saturated rings. The Kier molecular flexibility index (Phi) is 4.84. The van der Waals surface area contributed by atoms with Crippen molar-refractivity contribution in [1.82, 2.24) is 10.3 Å². The molecule has 22 heavy (non-hydrogen) atoms. The predicted octanol–water partition coefficient (Wildman–Crippen LogP) is 3.67. The Balaban J connectivity index is 1.75. The Morgan fingerprint density at radius 2 is 1.82 bits per heavy atom. The van der Waals surface area contributed by atoms with Gasteiger partial charge in [-0.25, -0.2) is 0 Å². The van der Waals surface area contributed by atoms with Crippen LogP contribution in [0.15, 0.2) is 54.7 Å². The summed E-state index contributed by atoms with van der Waals surface area (Å²) in [6.45, 7) is 0. The first kappa shape index (κ1) is 14.8. The third-order valence-electron chi connectivity index (χ3n) is 4.38. The van der Waals surface area contributed by atoms with Gasteiger partial charge in [0.25, 0.3) is 0 Å². The summed E-state index contributed by atoms with van der Waals surface area (Å²) in [6, 6.07) is 16.1. The number of pyridine rings is 1. The monoisotopic (exact) mass is 294 g/mol. The minimum Gasteiger partial charge on any atom is -0.349 e. The van der Waals surface area contributed by atoms with Gasteiger partial charge < -0.3 is 5.32 Å². The Labute approximate surface area is 131 Å². The number of carbonyl (C=O) groups is 1. The molecule has 1 aromatic carbocycles. The fraction of sp³-hybridized carbons (Fsp3) is 0.368. The van der Waals surface area contributed by atoms with E-state index in [4.69, 9.17) is 0 Å². The Hall–Kier alpha value is -2.16. The summed E-state index contributed by atoms with van der Waals surface area (Å²) < 4.78 is 0. The molecule has 114 valence electrons. The smallest absolute Gasteiger partial charge is 0.223 e. The van der Waals surface area contributed by atoms with Crippen molar-refractivity contribution < 1.29 is 4.79 Å². The van der Waals surface area contributed by atoms with Crippen LogP contribution in [0.4, 0.5) is 0 Å². The SMILES string of the molecule is O=C(N[C@@H](Cc1ccccn1)c1ccccc1)C1CCCC1. The summed E-state index contributed by atoms with van der Waals surface area (Å²) in [5.74, 6) is 0.386. The number of nitrogens with one attached hydrogen (secondary N) is 1. The summed E-state index contributed by atoms with van der Waals surface area (Å²) >= 11 is 0. The maximum atomic E-state index is 12.5. The molecule has 0 saturated heterocycles. The third-order valence-corrected chi connectivity index (χ3v) is 4.38. The van der Waals surface area contributed by atoms with E-state index in [1.165, 1.54) is 12.8 Å². The van der Waals surface area contributed by atoms with Gasteiger partial charge >= 0.3 is 0 Å². The van der Waals surface area contributed by atoms with E-state index in [2.05, 4.69) is 22.4 Å². The number of amides is 1. The first-order valence-corrected chi connectivity index (χ1v) is 8.08. The van der Waals surface area contributed by atoms with Gasteiger partial charge in [0.2, 0.25) is 5.91 Å². The van der Waals surface area contributed by atoms with Crippen molar-refractivity contribution in [3.8, 4) is 0 Å². The molecular formula is C19H22N2O. The van der Waals surface area contributed by atoms with Crippen molar-refractivity contribution >= 4 is 5.91 Å². The van der Waals surface area contributed by atoms with Crippen LogP contribution in [0.2, 0.25) is 0 Å². The van der Waals surface area contributed by atoms with Crippen LogP contribution in [0.5, 0.6) is 0 Å². The van der Waals surface area contributed by atoms with Crippen molar-refractivity contribution in [2.24, 2.45) is 5.92 Å². The standard InChI is InChI=1S/C19H22N2O/c22-19(16-10-4-5-11-16)21-18(15-8-2-1-3-9-15)14-17-12-6-7-13-20-17/h1-3,6-9,12-13,16,18H,4-5,10-11,14H2,(H,21,22)/t18-/m0/s1. The van der Waals surface area contributed by atoms with Crippen molar-refractivity contribution in [2.45, 2.75) is 38.1 Å². The van der Waals surface area contributed by atoms with Gasteiger partial charge in [0.15, 0.2) is 0 Å². The lowest BCUT2D eigenvalue weighted by Gasteiger charge is -2.21. The van der Waals surface area contributed by atoms with Gasteiger partial charge in [-0.05, 0) is 30.5 Å². The molecule has 3 heteroatoms. The lowest BCUT2D eigenvalue weighted by molar-refractivity contribution is -0.125. The summed E-state index contributed by atoms with van der Waals surface area (Å²) in [5.41, 5.74) is 2.14. The largest absolute Gasteiger partial charge is 0.349 e. The Bertz CT molecular complexity index is 591. The van der Waals surface area contributed by atoms with E-state index < -0.39 is 0 Å². The fourth-order valence-corrected chi connectivity index (χ4v) is 3.14. The molecule has 1 aliphatic rings. The zero-order chi connectivity index (χ0) is 15.2. The van der Waals surface area contributed by atoms with Crippen LogP contribution in [0.25, 0.3) is 0 Å². The zero-order valence-corrected chi connectivity index (χ0v) is 12.7. The van der Waals surface area contributed by atoms with Gasteiger partial charge in [0, 0.05) is 24.2 Å². The number of hydrogen-bond acceptors (Lipinski definition) is 2. The lowest BCUT2D eigenvalue weighted by Crippen LogP contribution is -2.34. The number of aromatic nitrogens is 1. The first-order chi connectivity index (χ1) is 10.8. The van der Waals surface area contributed by atoms with Crippen LogP contribution >= 0.6 is 0 Å². The number of carbonyl (C=O) groups excluding carboxylic acids is 1. The highest BCUT2D eigenvalue weighted by atomic mass is 16.1. The molecule has 1 N–H and O–H groups in total. The quantitative estimate of drug-likeness (QED) is 0.914. The molecule has 0 radical (unpaired) electrons. The van der Waals surface area contributed by atoms with Crippen molar-refractivity contribution in [3.63, 3.8) is 0 Å². The van der Waals surface area contributed by atoms with Gasteiger partial charge in [-0.2, -0.15) is 0 Å². The van der Waals surface area contributed by atoms with Crippen LogP contribution < -0.4 is 5.32 Å². The fourth-order valence-electron chi connectivity index (χ4n) is 3.14. The normalized spacial score (nSPS) is 16.4. The van der Waals surface area contributed by atoms with Crippen LogP contribution in [0.3, 0.4) is 0 Å². The Morgan fingerprint density at radius 3 is 2.50 bits per heavy atom. The zero-order valence-electron chi connectivity index (χ0n) is 12.7. The van der Waals surface area contributed by atoms with Crippen LogP contribution in [0, 0.1) is 5.92 Å². The minimum atomic E-state index is -0.0100. The van der Waals surface area contributed by atoms with Crippen LogP contribution in [0.1, 0.15) is 43.0 Å². The summed E-state index contributed by atoms with van der Waals surface area (Å²) in [4.78, 5) is 16.9. The first-order valence-electron chi connectivity index (χ1n) is 8.08. The molecule has 3 rings (SSSR count). The van der Waals surface area contributed by atoms with E-state index in [0.717, 1.165) is 30.5 Å². The number of hydrogen-bond donors (Lipinski definition) is 1. The molecule has 1 aliphatic carbocycles. The van der Waals surface area contributed by atoms with Gasteiger partial charge in [-0.3, -0.25) is 9.78 Å². The molecule has 1 saturated carbocycles. The van der Waals surface area contributed by atoms with Gasteiger partial charge in [-0.15, -0.1) is 0 Å². The average Bonchev–Trinajstić information content (AvgIpc) is 3.11. The van der Waals surface area contributed by atoms with E-state index in [1.807, 2.05) is 36.4 Å². The Morgan fingerprint density at radius 1 is 1.09 bits per heavy atom. The summed E-state index contributed by atoms with van der Waals surface area (Å²) in [5, 5.41) is 3.24. The molecule has 1 aromatic heterocycles. The van der Waals surface area contributed by atoms with Crippen molar-refractivity contribution in [2.75, 3.05) is 0 Å². The van der Waals surface area contributed by atoms with Gasteiger partial charge in [0.1, 0.15) is 0 Å². The minimum absolute atomic E-state index is 0.0100. The van der Waals surface area contributed by atoms with Gasteiger partial charge in [0.05, 0.1) is 6.04 Å². The number of benzene rings is 1. The third kappa shape index (κ3) is 3.73. The molecule has 1 amide bonds. The molecule has 1 atom stereocenters. The van der Waals surface area contributed by atoms with E-state index >= 15 is 0 Å². The molecule has 0 unspecified atom stereocenters. The highest BCUT2D eigenvalue weighted by Crippen LogP contribution is 2.26. The second-order valence-corrected chi connectivity index (χ2v) is 5.98. The summed E-state index contributed by atoms with van der Waals surface area (Å²) in [6.07, 6.45) is 6.93. The average molecular weight is 294 g/mol. The predicted molar refractivity (Wildman–Crippen MR) is 87.2 cm³/mol. The maximum absolute atomic E-state index is 12.5. The van der Waals surface area contributed by atoms with E-state index in [9.17, 15) is 4.79 Å². The van der Waals surface area contributed by atoms with E-state index in [0.29, 0.717) is 0 Å². The van der Waals surface area contributed by atoms with Crippen LogP contribution in [-0.2, 0) is 11.2 Å². The molecule has 0 bridgehead atoms. The molecule has 3 nitrogen and oxygen atoms in total. The molecule has 2 aromatic rings. The van der Waals surface area contributed by atoms with E-state index in [-0.39, 0.29) is 17.9 Å². The number of nitrogens with zero attached hydrogens (tertiary/aromatic N) is 1. The van der Waals surface area contributed by atoms with Crippen LogP contribution in [-0.4, -0.2) is 10.9 Å².